The highest BCUT2D eigenvalue weighted by Crippen LogP contribution is 2.38. The van der Waals surface area contributed by atoms with Gasteiger partial charge in [0.2, 0.25) is 5.76 Å². The molecule has 6 nitrogen and oxygen atoms in total. The zero-order valence-electron chi connectivity index (χ0n) is 18.0. The minimum Gasteiger partial charge on any atom is -0.465 e. The van der Waals surface area contributed by atoms with E-state index in [0.717, 1.165) is 11.1 Å². The lowest BCUT2D eigenvalue weighted by molar-refractivity contribution is 0.0600. The number of amides is 1. The average molecular weight is 439 g/mol. The molecule has 0 radical (unpaired) electrons. The number of hydrogen-bond donors (Lipinski definition) is 0. The van der Waals surface area contributed by atoms with Crippen LogP contribution in [0.2, 0.25) is 0 Å². The Morgan fingerprint density at radius 1 is 0.939 bits per heavy atom. The highest BCUT2D eigenvalue weighted by atomic mass is 16.5. The summed E-state index contributed by atoms with van der Waals surface area (Å²) in [5, 5.41) is 0.435. The van der Waals surface area contributed by atoms with Crippen molar-refractivity contribution in [2.75, 3.05) is 13.7 Å². The fourth-order valence-electron chi connectivity index (χ4n) is 4.36. The maximum Gasteiger partial charge on any atom is 0.337 e. The van der Waals surface area contributed by atoms with E-state index in [1.807, 2.05) is 30.3 Å². The van der Waals surface area contributed by atoms with E-state index < -0.39 is 12.0 Å². The number of methoxy groups -OCH3 is 1. The van der Waals surface area contributed by atoms with Crippen molar-refractivity contribution in [2.45, 2.75) is 12.5 Å². The maximum absolute atomic E-state index is 13.5. The molecule has 0 N–H and O–H groups in total. The van der Waals surface area contributed by atoms with Gasteiger partial charge in [0.15, 0.2) is 5.43 Å². The summed E-state index contributed by atoms with van der Waals surface area (Å²) in [6.45, 7) is 0.409. The van der Waals surface area contributed by atoms with Crippen molar-refractivity contribution in [3.05, 3.63) is 117 Å². The van der Waals surface area contributed by atoms with E-state index in [0.29, 0.717) is 35.1 Å². The van der Waals surface area contributed by atoms with Gasteiger partial charge < -0.3 is 14.1 Å². The molecule has 1 aliphatic heterocycles. The Morgan fingerprint density at radius 2 is 1.64 bits per heavy atom. The van der Waals surface area contributed by atoms with Gasteiger partial charge in [0.05, 0.1) is 29.7 Å². The van der Waals surface area contributed by atoms with Crippen LogP contribution in [0.1, 0.15) is 43.6 Å². The Kier molecular flexibility index (Phi) is 5.26. The van der Waals surface area contributed by atoms with Gasteiger partial charge >= 0.3 is 5.97 Å². The number of nitrogens with zero attached hydrogens (tertiary/aromatic N) is 1. The summed E-state index contributed by atoms with van der Waals surface area (Å²) in [6.07, 6.45) is 0.630. The minimum absolute atomic E-state index is 0.0776. The molecule has 1 aromatic heterocycles. The van der Waals surface area contributed by atoms with Crippen molar-refractivity contribution in [1.29, 1.82) is 0 Å². The third-order valence-electron chi connectivity index (χ3n) is 6.00. The predicted octanol–water partition coefficient (Wildman–Crippen LogP) is 4.37. The van der Waals surface area contributed by atoms with Gasteiger partial charge in [-0.05, 0) is 41.8 Å². The van der Waals surface area contributed by atoms with Gasteiger partial charge in [-0.25, -0.2) is 4.79 Å². The molecule has 6 heteroatoms. The first-order valence-corrected chi connectivity index (χ1v) is 10.7. The molecule has 1 aliphatic rings. The number of fused-ring (bicyclic) bond motifs is 2. The molecule has 5 rings (SSSR count). The molecule has 1 amide bonds. The fraction of sp³-hybridized carbons (Fsp3) is 0.148. The van der Waals surface area contributed by atoms with Gasteiger partial charge in [-0.15, -0.1) is 0 Å². The van der Waals surface area contributed by atoms with E-state index in [-0.39, 0.29) is 17.1 Å². The summed E-state index contributed by atoms with van der Waals surface area (Å²) in [7, 11) is 1.32. The van der Waals surface area contributed by atoms with E-state index in [4.69, 9.17) is 9.15 Å². The molecule has 0 saturated carbocycles. The SMILES string of the molecule is COC(=O)c1ccc(C2c3c(oc4ccccc4c3=O)C(=O)N2CCc2ccccc2)cc1. The van der Waals surface area contributed by atoms with Crippen molar-refractivity contribution < 1.29 is 18.7 Å². The summed E-state index contributed by atoms with van der Waals surface area (Å²) in [6, 6.07) is 23.0. The number of rotatable bonds is 5. The molecular weight excluding hydrogens is 418 g/mol. The second kappa shape index (κ2) is 8.39. The number of esters is 1. The Balaban J connectivity index is 1.62. The van der Waals surface area contributed by atoms with Gasteiger partial charge in [0, 0.05) is 6.54 Å². The van der Waals surface area contributed by atoms with Crippen LogP contribution in [-0.4, -0.2) is 30.4 Å². The molecule has 1 atom stereocenters. The van der Waals surface area contributed by atoms with E-state index >= 15 is 0 Å². The first-order valence-electron chi connectivity index (χ1n) is 10.7. The van der Waals surface area contributed by atoms with Gasteiger partial charge in [0.25, 0.3) is 5.91 Å². The van der Waals surface area contributed by atoms with Crippen LogP contribution < -0.4 is 5.43 Å². The van der Waals surface area contributed by atoms with Crippen LogP contribution >= 0.6 is 0 Å². The number of ether oxygens (including phenoxy) is 1. The Bertz CT molecular complexity index is 1410. The Labute approximate surface area is 190 Å². The Hall–Kier alpha value is -4.19. The number of hydrogen-bond acceptors (Lipinski definition) is 5. The molecule has 0 saturated heterocycles. The van der Waals surface area contributed by atoms with Crippen molar-refractivity contribution in [2.24, 2.45) is 0 Å². The number of benzene rings is 3. The molecule has 0 aliphatic carbocycles. The topological polar surface area (TPSA) is 76.8 Å². The third kappa shape index (κ3) is 3.59. The fourth-order valence-corrected chi connectivity index (χ4v) is 4.36. The summed E-state index contributed by atoms with van der Waals surface area (Å²) >= 11 is 0. The first kappa shape index (κ1) is 20.7. The van der Waals surface area contributed by atoms with E-state index in [2.05, 4.69) is 0 Å². The number of carbonyl (C=O) groups is 2. The molecule has 0 bridgehead atoms. The van der Waals surface area contributed by atoms with Crippen LogP contribution in [0.4, 0.5) is 0 Å². The summed E-state index contributed by atoms with van der Waals surface area (Å²) in [5.41, 5.74) is 2.71. The Morgan fingerprint density at radius 3 is 2.36 bits per heavy atom. The van der Waals surface area contributed by atoms with Crippen LogP contribution in [0.25, 0.3) is 11.0 Å². The van der Waals surface area contributed by atoms with Gasteiger partial charge in [-0.2, -0.15) is 0 Å². The van der Waals surface area contributed by atoms with Gasteiger partial charge in [-0.1, -0.05) is 54.6 Å². The molecule has 0 spiro atoms. The van der Waals surface area contributed by atoms with Crippen molar-refractivity contribution in [3.63, 3.8) is 0 Å². The molecule has 4 aromatic rings. The zero-order chi connectivity index (χ0) is 22.9. The third-order valence-corrected chi connectivity index (χ3v) is 6.00. The lowest BCUT2D eigenvalue weighted by atomic mass is 9.97. The second-order valence-corrected chi connectivity index (χ2v) is 7.92. The van der Waals surface area contributed by atoms with Crippen LogP contribution in [0.15, 0.2) is 88.1 Å². The van der Waals surface area contributed by atoms with Crippen LogP contribution in [0, 0.1) is 0 Å². The van der Waals surface area contributed by atoms with E-state index in [1.54, 1.807) is 53.4 Å². The molecule has 164 valence electrons. The van der Waals surface area contributed by atoms with Crippen LogP contribution in [0.3, 0.4) is 0 Å². The second-order valence-electron chi connectivity index (χ2n) is 7.92. The molecule has 3 aromatic carbocycles. The molecular formula is C27H21NO5. The van der Waals surface area contributed by atoms with Crippen molar-refractivity contribution in [3.8, 4) is 0 Å². The minimum atomic E-state index is -0.608. The largest absolute Gasteiger partial charge is 0.465 e. The molecule has 33 heavy (non-hydrogen) atoms. The zero-order valence-corrected chi connectivity index (χ0v) is 18.0. The van der Waals surface area contributed by atoms with Crippen molar-refractivity contribution >= 4 is 22.8 Å². The first-order chi connectivity index (χ1) is 16.1. The summed E-state index contributed by atoms with van der Waals surface area (Å²) in [5.74, 6) is -0.685. The normalized spacial score (nSPS) is 15.0. The summed E-state index contributed by atoms with van der Waals surface area (Å²) < 4.78 is 10.7. The average Bonchev–Trinajstić information content (AvgIpc) is 3.14. The molecule has 2 heterocycles. The monoisotopic (exact) mass is 439 g/mol. The summed E-state index contributed by atoms with van der Waals surface area (Å²) in [4.78, 5) is 40.5. The van der Waals surface area contributed by atoms with Crippen LogP contribution in [0.5, 0.6) is 0 Å². The number of carbonyl (C=O) groups excluding carboxylic acids is 2. The highest BCUT2D eigenvalue weighted by Gasteiger charge is 2.42. The predicted molar refractivity (Wildman–Crippen MR) is 123 cm³/mol. The lowest BCUT2D eigenvalue weighted by Crippen LogP contribution is -2.31. The number of para-hydroxylation sites is 1. The lowest BCUT2D eigenvalue weighted by Gasteiger charge is -2.25. The van der Waals surface area contributed by atoms with Gasteiger partial charge in [-0.3, -0.25) is 9.59 Å². The van der Waals surface area contributed by atoms with Gasteiger partial charge in [0.1, 0.15) is 5.58 Å². The molecule has 0 fully saturated rings. The molecule has 1 unspecified atom stereocenters. The van der Waals surface area contributed by atoms with E-state index in [1.165, 1.54) is 7.11 Å². The highest BCUT2D eigenvalue weighted by molar-refractivity contribution is 5.99. The van der Waals surface area contributed by atoms with Crippen LogP contribution in [-0.2, 0) is 11.2 Å². The van der Waals surface area contributed by atoms with E-state index in [9.17, 15) is 14.4 Å². The smallest absolute Gasteiger partial charge is 0.337 e. The quantitative estimate of drug-likeness (QED) is 0.432. The maximum atomic E-state index is 13.5. The van der Waals surface area contributed by atoms with Crippen molar-refractivity contribution in [1.82, 2.24) is 4.90 Å². The standard InChI is InChI=1S/C27H21NO5/c1-32-27(31)19-13-11-18(12-14-19)23-22-24(29)20-9-5-6-10-21(20)33-25(22)26(30)28(23)16-15-17-7-3-2-4-8-17/h2-14,23H,15-16H2,1H3.